The smallest absolute Gasteiger partial charge is 0.319 e. The molecule has 0 bridgehead atoms. The SMILES string of the molecule is Cc1cc2c(NC(=O)NC(C)c3nnc(C(C)C)o3)cccc2nn1. The molecule has 0 aliphatic heterocycles. The Bertz CT molecular complexity index is 905. The molecule has 1 atom stereocenters. The quantitative estimate of drug-likeness (QED) is 0.754. The molecule has 1 unspecified atom stereocenters. The highest BCUT2D eigenvalue weighted by molar-refractivity contribution is 6.00. The van der Waals surface area contributed by atoms with E-state index in [1.165, 1.54) is 0 Å². The van der Waals surface area contributed by atoms with Crippen LogP contribution in [0.15, 0.2) is 28.7 Å². The van der Waals surface area contributed by atoms with Gasteiger partial charge in [-0.2, -0.15) is 10.2 Å². The Morgan fingerprint density at radius 3 is 2.56 bits per heavy atom. The Balaban J connectivity index is 1.73. The van der Waals surface area contributed by atoms with Crippen LogP contribution in [0.4, 0.5) is 10.5 Å². The average molecular weight is 340 g/mol. The standard InChI is InChI=1S/C17H20N6O2/c1-9(2)15-22-23-16(25-15)11(4)18-17(24)19-13-6-5-7-14-12(13)8-10(3)20-21-14/h5-9,11H,1-4H3,(H2,18,19,24). The maximum Gasteiger partial charge on any atom is 0.319 e. The van der Waals surface area contributed by atoms with E-state index in [-0.39, 0.29) is 11.9 Å². The number of fused-ring (bicyclic) bond motifs is 1. The number of nitrogens with one attached hydrogen (secondary N) is 2. The van der Waals surface area contributed by atoms with E-state index in [9.17, 15) is 4.79 Å². The highest BCUT2D eigenvalue weighted by Crippen LogP contribution is 2.22. The van der Waals surface area contributed by atoms with Crippen molar-refractivity contribution >= 4 is 22.6 Å². The van der Waals surface area contributed by atoms with E-state index in [2.05, 4.69) is 31.0 Å². The van der Waals surface area contributed by atoms with Crippen molar-refractivity contribution in [3.63, 3.8) is 0 Å². The highest BCUT2D eigenvalue weighted by atomic mass is 16.4. The fraction of sp³-hybridized carbons (Fsp3) is 0.353. The molecule has 8 nitrogen and oxygen atoms in total. The summed E-state index contributed by atoms with van der Waals surface area (Å²) in [5, 5.41) is 22.6. The van der Waals surface area contributed by atoms with Crippen molar-refractivity contribution in [1.82, 2.24) is 25.7 Å². The number of benzene rings is 1. The van der Waals surface area contributed by atoms with Crippen molar-refractivity contribution < 1.29 is 9.21 Å². The maximum atomic E-state index is 12.3. The maximum absolute atomic E-state index is 12.3. The number of aromatic nitrogens is 4. The molecule has 8 heteroatoms. The number of urea groups is 1. The molecule has 0 saturated heterocycles. The van der Waals surface area contributed by atoms with Crippen molar-refractivity contribution in [2.75, 3.05) is 5.32 Å². The molecular weight excluding hydrogens is 320 g/mol. The van der Waals surface area contributed by atoms with Crippen molar-refractivity contribution in [2.24, 2.45) is 0 Å². The highest BCUT2D eigenvalue weighted by Gasteiger charge is 2.18. The number of amides is 2. The van der Waals surface area contributed by atoms with Gasteiger partial charge in [0.25, 0.3) is 0 Å². The second-order valence-electron chi connectivity index (χ2n) is 6.18. The van der Waals surface area contributed by atoms with Crippen LogP contribution >= 0.6 is 0 Å². The molecule has 130 valence electrons. The lowest BCUT2D eigenvalue weighted by atomic mass is 10.2. The van der Waals surface area contributed by atoms with E-state index < -0.39 is 6.04 Å². The lowest BCUT2D eigenvalue weighted by molar-refractivity contribution is 0.247. The number of anilines is 1. The lowest BCUT2D eigenvalue weighted by Crippen LogP contribution is -2.31. The number of aryl methyl sites for hydroxylation is 1. The first-order valence-corrected chi connectivity index (χ1v) is 8.08. The van der Waals surface area contributed by atoms with E-state index in [0.717, 1.165) is 16.6 Å². The number of hydrogen-bond acceptors (Lipinski definition) is 6. The van der Waals surface area contributed by atoms with Gasteiger partial charge in [-0.15, -0.1) is 10.2 Å². The van der Waals surface area contributed by atoms with Gasteiger partial charge in [-0.05, 0) is 32.0 Å². The van der Waals surface area contributed by atoms with Gasteiger partial charge in [0.1, 0.15) is 6.04 Å². The van der Waals surface area contributed by atoms with Crippen molar-refractivity contribution in [3.05, 3.63) is 41.7 Å². The van der Waals surface area contributed by atoms with Gasteiger partial charge in [-0.1, -0.05) is 19.9 Å². The minimum absolute atomic E-state index is 0.141. The molecule has 0 aliphatic carbocycles. The van der Waals surface area contributed by atoms with Crippen molar-refractivity contribution in [2.45, 2.75) is 39.7 Å². The molecule has 3 aromatic rings. The van der Waals surface area contributed by atoms with Gasteiger partial charge in [-0.3, -0.25) is 0 Å². The lowest BCUT2D eigenvalue weighted by Gasteiger charge is -2.12. The molecule has 2 N–H and O–H groups in total. The molecule has 2 heterocycles. The normalized spacial score (nSPS) is 12.4. The Kier molecular flexibility index (Phi) is 4.60. The van der Waals surface area contributed by atoms with Gasteiger partial charge in [0.15, 0.2) is 0 Å². The topological polar surface area (TPSA) is 106 Å². The van der Waals surface area contributed by atoms with Crippen LogP contribution < -0.4 is 10.6 Å². The summed E-state index contributed by atoms with van der Waals surface area (Å²) in [6.07, 6.45) is 0. The van der Waals surface area contributed by atoms with Crippen LogP contribution in [-0.4, -0.2) is 26.4 Å². The first kappa shape index (κ1) is 16.8. The summed E-state index contributed by atoms with van der Waals surface area (Å²) in [6, 6.07) is 6.60. The second-order valence-corrected chi connectivity index (χ2v) is 6.18. The number of carbonyl (C=O) groups excluding carboxylic acids is 1. The summed E-state index contributed by atoms with van der Waals surface area (Å²) in [4.78, 5) is 12.3. The van der Waals surface area contributed by atoms with Crippen LogP contribution in [0, 0.1) is 6.92 Å². The zero-order valence-corrected chi connectivity index (χ0v) is 14.6. The van der Waals surface area contributed by atoms with Crippen LogP contribution in [0.2, 0.25) is 0 Å². The van der Waals surface area contributed by atoms with Gasteiger partial charge in [0.2, 0.25) is 11.8 Å². The zero-order valence-electron chi connectivity index (χ0n) is 14.6. The molecule has 25 heavy (non-hydrogen) atoms. The van der Waals surface area contributed by atoms with Gasteiger partial charge in [0, 0.05) is 11.3 Å². The van der Waals surface area contributed by atoms with E-state index >= 15 is 0 Å². The average Bonchev–Trinajstić information content (AvgIpc) is 3.06. The molecule has 0 saturated carbocycles. The largest absolute Gasteiger partial charge is 0.423 e. The van der Waals surface area contributed by atoms with Crippen molar-refractivity contribution in [3.8, 4) is 0 Å². The molecule has 0 fully saturated rings. The summed E-state index contributed by atoms with van der Waals surface area (Å²) in [7, 11) is 0. The Hall–Kier alpha value is -3.03. The molecule has 3 rings (SSSR count). The number of nitrogens with zero attached hydrogens (tertiary/aromatic N) is 4. The Morgan fingerprint density at radius 2 is 1.84 bits per heavy atom. The van der Waals surface area contributed by atoms with E-state index in [4.69, 9.17) is 4.42 Å². The number of carbonyl (C=O) groups is 1. The molecule has 2 amide bonds. The van der Waals surface area contributed by atoms with Gasteiger partial charge < -0.3 is 15.1 Å². The fourth-order valence-electron chi connectivity index (χ4n) is 2.34. The van der Waals surface area contributed by atoms with E-state index in [1.54, 1.807) is 6.92 Å². The third kappa shape index (κ3) is 3.73. The monoisotopic (exact) mass is 340 g/mol. The summed E-state index contributed by atoms with van der Waals surface area (Å²) >= 11 is 0. The Labute approximate surface area is 145 Å². The number of hydrogen-bond donors (Lipinski definition) is 2. The summed E-state index contributed by atoms with van der Waals surface area (Å²) < 4.78 is 5.56. The summed E-state index contributed by atoms with van der Waals surface area (Å²) in [6.45, 7) is 7.57. The van der Waals surface area contributed by atoms with Crippen LogP contribution in [-0.2, 0) is 0 Å². The zero-order chi connectivity index (χ0) is 18.0. The first-order chi connectivity index (χ1) is 11.9. The minimum Gasteiger partial charge on any atom is -0.423 e. The van der Waals surface area contributed by atoms with Crippen LogP contribution in [0.1, 0.15) is 50.2 Å². The molecule has 0 aliphatic rings. The first-order valence-electron chi connectivity index (χ1n) is 8.08. The fourth-order valence-corrected chi connectivity index (χ4v) is 2.34. The molecular formula is C17H20N6O2. The van der Waals surface area contributed by atoms with Gasteiger partial charge in [-0.25, -0.2) is 4.79 Å². The van der Waals surface area contributed by atoms with Crippen LogP contribution in [0.5, 0.6) is 0 Å². The van der Waals surface area contributed by atoms with E-state index in [0.29, 0.717) is 17.5 Å². The second kappa shape index (κ2) is 6.84. The predicted octanol–water partition coefficient (Wildman–Crippen LogP) is 3.33. The molecule has 1 aromatic carbocycles. The van der Waals surface area contributed by atoms with Crippen LogP contribution in [0.25, 0.3) is 10.9 Å². The number of rotatable bonds is 4. The van der Waals surface area contributed by atoms with Crippen LogP contribution in [0.3, 0.4) is 0 Å². The molecule has 2 aromatic heterocycles. The third-order valence-corrected chi connectivity index (χ3v) is 3.67. The van der Waals surface area contributed by atoms with Crippen molar-refractivity contribution in [1.29, 1.82) is 0 Å². The molecule has 0 radical (unpaired) electrons. The predicted molar refractivity (Wildman–Crippen MR) is 93.2 cm³/mol. The summed E-state index contributed by atoms with van der Waals surface area (Å²) in [5.41, 5.74) is 2.16. The minimum atomic E-state index is -0.406. The Morgan fingerprint density at radius 1 is 1.08 bits per heavy atom. The van der Waals surface area contributed by atoms with Gasteiger partial charge in [0.05, 0.1) is 16.9 Å². The van der Waals surface area contributed by atoms with Gasteiger partial charge >= 0.3 is 6.03 Å². The summed E-state index contributed by atoms with van der Waals surface area (Å²) in [5.74, 6) is 1.06. The third-order valence-electron chi connectivity index (χ3n) is 3.67. The van der Waals surface area contributed by atoms with E-state index in [1.807, 2.05) is 45.0 Å². The molecule has 0 spiro atoms.